The number of halogens is 1. The molecule has 2 aromatic heterocycles. The van der Waals surface area contributed by atoms with Gasteiger partial charge in [-0.1, -0.05) is 18.2 Å². The highest BCUT2D eigenvalue weighted by Crippen LogP contribution is 2.24. The van der Waals surface area contributed by atoms with Crippen LogP contribution in [-0.4, -0.2) is 48.7 Å². The Balaban J connectivity index is 1.58. The van der Waals surface area contributed by atoms with Gasteiger partial charge in [-0.2, -0.15) is 0 Å². The maximum absolute atomic E-state index is 13.4. The van der Waals surface area contributed by atoms with Crippen LogP contribution in [0.1, 0.15) is 27.5 Å². The Labute approximate surface area is 257 Å². The summed E-state index contributed by atoms with van der Waals surface area (Å²) in [6.45, 7) is 1.49. The monoisotopic (exact) mass is 723 g/mol. The summed E-state index contributed by atoms with van der Waals surface area (Å²) < 4.78 is 29.9. The molecule has 0 saturated carbocycles. The van der Waals surface area contributed by atoms with Crippen molar-refractivity contribution in [2.45, 2.75) is 30.7 Å². The molecule has 0 spiro atoms. The molecule has 7 N–H and O–H groups in total. The van der Waals surface area contributed by atoms with E-state index in [0.717, 1.165) is 4.70 Å². The maximum Gasteiger partial charge on any atom is 0.272 e. The first-order valence-corrected chi connectivity index (χ1v) is 15.7. The molecule has 220 valence electrons. The van der Waals surface area contributed by atoms with Crippen LogP contribution in [0, 0.1) is 10.5 Å². The van der Waals surface area contributed by atoms with Crippen molar-refractivity contribution in [1.82, 2.24) is 15.3 Å². The van der Waals surface area contributed by atoms with E-state index in [-0.39, 0.29) is 40.1 Å². The maximum atomic E-state index is 13.4. The van der Waals surface area contributed by atoms with Gasteiger partial charge >= 0.3 is 0 Å². The number of nitrogens with one attached hydrogen (secondary N) is 3. The highest BCUT2D eigenvalue weighted by Gasteiger charge is 2.27. The highest BCUT2D eigenvalue weighted by atomic mass is 127. The number of carbonyl (C=O) groups is 2. The van der Waals surface area contributed by atoms with E-state index in [9.17, 15) is 22.8 Å². The summed E-state index contributed by atoms with van der Waals surface area (Å²) in [7, 11) is -4.15. The average molecular weight is 724 g/mol. The smallest absolute Gasteiger partial charge is 0.272 e. The van der Waals surface area contributed by atoms with Gasteiger partial charge in [0.15, 0.2) is 5.01 Å². The zero-order valence-corrected chi connectivity index (χ0v) is 25.9. The van der Waals surface area contributed by atoms with Gasteiger partial charge in [-0.3, -0.25) is 19.1 Å². The van der Waals surface area contributed by atoms with Gasteiger partial charge in [0.2, 0.25) is 17.6 Å². The second kappa shape index (κ2) is 13.3. The first kappa shape index (κ1) is 30.9. The number of aromatic amines is 1. The number of amides is 1. The third kappa shape index (κ3) is 7.83. The van der Waals surface area contributed by atoms with Crippen molar-refractivity contribution in [3.8, 4) is 0 Å². The van der Waals surface area contributed by atoms with Gasteiger partial charge in [0.25, 0.3) is 15.6 Å². The van der Waals surface area contributed by atoms with Crippen LogP contribution in [0.2, 0.25) is 0 Å². The Hall–Kier alpha value is -4.03. The predicted molar refractivity (Wildman–Crippen MR) is 168 cm³/mol. The number of Topliss-reactive ketones (excluding diaryl/α,β-unsaturated/α-hetero) is 1. The van der Waals surface area contributed by atoms with Crippen molar-refractivity contribution in [2.24, 2.45) is 16.6 Å². The number of para-hydroxylation sites is 1. The first-order valence-electron chi connectivity index (χ1n) is 12.3. The summed E-state index contributed by atoms with van der Waals surface area (Å²) in [5.74, 6) is -1.41. The fraction of sp³-hybridized carbons (Fsp3) is 0.192. The minimum absolute atomic E-state index is 0.00217. The molecule has 0 unspecified atom stereocenters. The van der Waals surface area contributed by atoms with Crippen LogP contribution in [-0.2, 0) is 26.1 Å². The molecule has 0 radical (unpaired) electrons. The van der Waals surface area contributed by atoms with E-state index in [2.05, 4.69) is 25.2 Å². The number of aryl methyl sites for hydroxylation is 1. The Morgan fingerprint density at radius 1 is 1.17 bits per heavy atom. The Kier molecular flexibility index (Phi) is 9.79. The highest BCUT2D eigenvalue weighted by molar-refractivity contribution is 14.1. The lowest BCUT2D eigenvalue weighted by Gasteiger charge is -2.17. The van der Waals surface area contributed by atoms with Crippen molar-refractivity contribution in [2.75, 3.05) is 11.3 Å². The van der Waals surface area contributed by atoms with E-state index < -0.39 is 39.7 Å². The number of hydrogen-bond donors (Lipinski definition) is 5. The number of hydrogen-bond acceptors (Lipinski definition) is 9. The van der Waals surface area contributed by atoms with Gasteiger partial charge in [-0.15, -0.1) is 11.3 Å². The molecule has 0 fully saturated rings. The number of aromatic nitrogens is 2. The number of thiazole rings is 1. The average Bonchev–Trinajstić information content (AvgIpc) is 3.36. The van der Waals surface area contributed by atoms with Gasteiger partial charge in [-0.25, -0.2) is 13.4 Å². The first-order chi connectivity index (χ1) is 19.9. The van der Waals surface area contributed by atoms with Gasteiger partial charge in [0.05, 0.1) is 27.6 Å². The molecule has 2 aromatic carbocycles. The lowest BCUT2D eigenvalue weighted by molar-refractivity contribution is -0.121. The summed E-state index contributed by atoms with van der Waals surface area (Å²) >= 11 is 3.15. The number of carbonyl (C=O) groups excluding carboxylic acids is 2. The van der Waals surface area contributed by atoms with Crippen LogP contribution < -0.4 is 27.1 Å². The molecule has 0 bridgehead atoms. The number of fused-ring (bicyclic) bond motifs is 1. The minimum Gasteiger partial charge on any atom is -0.393 e. The second-order valence-electron chi connectivity index (χ2n) is 9.03. The van der Waals surface area contributed by atoms with Gasteiger partial charge in [0.1, 0.15) is 12.3 Å². The van der Waals surface area contributed by atoms with Gasteiger partial charge in [-0.05, 0) is 76.6 Å². The largest absolute Gasteiger partial charge is 0.393 e. The Bertz CT molecular complexity index is 1800. The number of benzene rings is 2. The molecule has 4 rings (SSSR count). The van der Waals surface area contributed by atoms with Crippen LogP contribution in [0.15, 0.2) is 69.4 Å². The molecule has 1 amide bonds. The quantitative estimate of drug-likeness (QED) is 0.0362. The zero-order chi connectivity index (χ0) is 30.4. The van der Waals surface area contributed by atoms with Crippen molar-refractivity contribution in [1.29, 1.82) is 0 Å². The lowest BCUT2D eigenvalue weighted by Crippen LogP contribution is -2.42. The number of anilines is 1. The molecule has 0 aliphatic heterocycles. The van der Waals surface area contributed by atoms with Gasteiger partial charge < -0.3 is 26.6 Å². The molecule has 0 aliphatic carbocycles. The van der Waals surface area contributed by atoms with E-state index in [0.29, 0.717) is 14.8 Å². The molecule has 42 heavy (non-hydrogen) atoms. The molecule has 1 atom stereocenters. The standard InChI is InChI=1S/C26H26IN7O6S2/c1-14-11-15(22(24(37)30-14)34-42(38,39)17-6-4-5-16(27)13-17)12-21(35)31-19(9-10-40-33-26(28)29)23(36)25-32-18-7-2-3-8-20(18)41-25/h2-8,11,13,19,34H,9-10,12H2,1H3,(H,30,37)(H,31,35)(H4,28,29,33)/t19-/m0/s1. The summed E-state index contributed by atoms with van der Waals surface area (Å²) in [4.78, 5) is 51.4. The number of H-pyrrole nitrogens is 1. The molecule has 0 saturated heterocycles. The van der Waals surface area contributed by atoms with Crippen LogP contribution in [0.5, 0.6) is 0 Å². The van der Waals surface area contributed by atoms with E-state index in [1.807, 2.05) is 34.7 Å². The Morgan fingerprint density at radius 2 is 1.93 bits per heavy atom. The summed E-state index contributed by atoms with van der Waals surface area (Å²) in [6.07, 6.45) is -0.412. The van der Waals surface area contributed by atoms with Crippen molar-refractivity contribution in [3.63, 3.8) is 0 Å². The van der Waals surface area contributed by atoms with E-state index in [1.54, 1.807) is 31.2 Å². The summed E-state index contributed by atoms with van der Waals surface area (Å²) in [6, 6.07) is 13.8. The SMILES string of the molecule is Cc1cc(CC(=O)N[C@@H](CCON=C(N)N)C(=O)c2nc3ccccc3s2)c(NS(=O)(=O)c2cccc(I)c2)c(=O)[nH]1. The number of nitrogens with two attached hydrogens (primary N) is 2. The fourth-order valence-electron chi connectivity index (χ4n) is 3.94. The van der Waals surface area contributed by atoms with Crippen molar-refractivity contribution < 1.29 is 22.8 Å². The molecular weight excluding hydrogens is 697 g/mol. The Morgan fingerprint density at radius 3 is 2.64 bits per heavy atom. The van der Waals surface area contributed by atoms with E-state index in [4.69, 9.17) is 16.3 Å². The van der Waals surface area contributed by atoms with Crippen LogP contribution in [0.25, 0.3) is 10.2 Å². The number of pyridine rings is 1. The third-order valence-corrected chi connectivity index (χ3v) is 8.84. The van der Waals surface area contributed by atoms with Crippen LogP contribution >= 0.6 is 33.9 Å². The van der Waals surface area contributed by atoms with Gasteiger partial charge in [0, 0.05) is 15.7 Å². The number of rotatable bonds is 12. The molecular formula is C26H26IN7O6S2. The topological polar surface area (TPSA) is 212 Å². The molecule has 0 aliphatic rings. The van der Waals surface area contributed by atoms with E-state index >= 15 is 0 Å². The number of nitrogens with zero attached hydrogens (tertiary/aromatic N) is 2. The third-order valence-electron chi connectivity index (χ3n) is 5.77. The zero-order valence-electron chi connectivity index (χ0n) is 22.1. The van der Waals surface area contributed by atoms with E-state index in [1.165, 1.54) is 29.5 Å². The number of sulfonamides is 1. The van der Waals surface area contributed by atoms with Crippen molar-refractivity contribution in [3.05, 3.63) is 84.8 Å². The number of oxime groups is 1. The summed E-state index contributed by atoms with van der Waals surface area (Å²) in [5.41, 5.74) is 10.7. The molecule has 4 aromatic rings. The van der Waals surface area contributed by atoms with Crippen molar-refractivity contribution >= 4 is 77.5 Å². The predicted octanol–water partition coefficient (Wildman–Crippen LogP) is 2.20. The second-order valence-corrected chi connectivity index (χ2v) is 13.0. The minimum atomic E-state index is -4.15. The normalized spacial score (nSPS) is 12.0. The van der Waals surface area contributed by atoms with Crippen LogP contribution in [0.4, 0.5) is 5.69 Å². The number of ketones is 1. The fourth-order valence-corrected chi connectivity index (χ4v) is 6.80. The lowest BCUT2D eigenvalue weighted by atomic mass is 10.1. The molecule has 16 heteroatoms. The number of guanidine groups is 1. The molecule has 2 heterocycles. The molecule has 13 nitrogen and oxygen atoms in total. The summed E-state index contributed by atoms with van der Waals surface area (Å²) in [5, 5.41) is 6.28. The van der Waals surface area contributed by atoms with Crippen LogP contribution in [0.3, 0.4) is 0 Å².